The summed E-state index contributed by atoms with van der Waals surface area (Å²) in [6, 6.07) is -0.167. The van der Waals surface area contributed by atoms with Gasteiger partial charge in [0.15, 0.2) is 0 Å². The Labute approximate surface area is 96.3 Å². The highest BCUT2D eigenvalue weighted by molar-refractivity contribution is 7.99. The highest BCUT2D eigenvalue weighted by Crippen LogP contribution is 2.21. The molecular formula is C11H21NO2S. The Morgan fingerprint density at radius 2 is 2.20 bits per heavy atom. The molecule has 1 rings (SSSR count). The number of rotatable bonds is 5. The van der Waals surface area contributed by atoms with Gasteiger partial charge in [-0.25, -0.2) is 0 Å². The maximum Gasteiger partial charge on any atom is 0.322 e. The number of nitrogens with one attached hydrogen (secondary N) is 1. The Morgan fingerprint density at radius 3 is 2.80 bits per heavy atom. The molecular weight excluding hydrogens is 210 g/mol. The van der Waals surface area contributed by atoms with E-state index < -0.39 is 0 Å². The molecule has 0 amide bonds. The fourth-order valence-electron chi connectivity index (χ4n) is 1.64. The molecule has 0 aromatic heterocycles. The van der Waals surface area contributed by atoms with Crippen LogP contribution in [-0.4, -0.2) is 36.7 Å². The maximum atomic E-state index is 11.3. The lowest BCUT2D eigenvalue weighted by atomic mass is 10.0. The third-order valence-electron chi connectivity index (χ3n) is 2.69. The molecule has 1 N–H and O–H groups in total. The predicted octanol–water partition coefficient (Wildman–Crippen LogP) is 1.67. The topological polar surface area (TPSA) is 38.3 Å². The van der Waals surface area contributed by atoms with Crippen molar-refractivity contribution in [3.8, 4) is 0 Å². The van der Waals surface area contributed by atoms with Gasteiger partial charge in [-0.15, -0.1) is 0 Å². The minimum atomic E-state index is -0.167. The van der Waals surface area contributed by atoms with Gasteiger partial charge < -0.3 is 10.1 Å². The van der Waals surface area contributed by atoms with Gasteiger partial charge in [0, 0.05) is 0 Å². The summed E-state index contributed by atoms with van der Waals surface area (Å²) >= 11 is 2.03. The summed E-state index contributed by atoms with van der Waals surface area (Å²) in [6.45, 7) is 5.12. The highest BCUT2D eigenvalue weighted by Gasteiger charge is 2.17. The quantitative estimate of drug-likeness (QED) is 0.731. The Hall–Kier alpha value is -0.220. The minimum absolute atomic E-state index is 0.136. The standard InChI is InChI=1S/C11H21NO2S/c1-3-14-11(13)9(2)12-8-10-4-6-15-7-5-10/h9-10,12H,3-8H2,1-2H3. The van der Waals surface area contributed by atoms with Crippen molar-refractivity contribution in [1.29, 1.82) is 0 Å². The van der Waals surface area contributed by atoms with E-state index in [0.717, 1.165) is 12.5 Å². The first kappa shape index (κ1) is 12.8. The molecule has 0 aliphatic carbocycles. The van der Waals surface area contributed by atoms with E-state index in [1.54, 1.807) is 0 Å². The molecule has 4 heteroatoms. The molecule has 0 aromatic carbocycles. The number of thioether (sulfide) groups is 1. The SMILES string of the molecule is CCOC(=O)C(C)NCC1CCSCC1. The van der Waals surface area contributed by atoms with Crippen LogP contribution in [0.25, 0.3) is 0 Å². The largest absolute Gasteiger partial charge is 0.465 e. The first-order valence-electron chi connectivity index (χ1n) is 5.71. The van der Waals surface area contributed by atoms with Crippen molar-refractivity contribution < 1.29 is 9.53 Å². The summed E-state index contributed by atoms with van der Waals surface area (Å²) in [5.41, 5.74) is 0. The number of carbonyl (C=O) groups is 1. The number of carbonyl (C=O) groups excluding carboxylic acids is 1. The van der Waals surface area contributed by atoms with Gasteiger partial charge in [0.05, 0.1) is 6.61 Å². The third kappa shape index (κ3) is 4.89. The van der Waals surface area contributed by atoms with E-state index in [9.17, 15) is 4.79 Å². The van der Waals surface area contributed by atoms with Crippen LogP contribution in [0.5, 0.6) is 0 Å². The molecule has 1 aliphatic heterocycles. The summed E-state index contributed by atoms with van der Waals surface area (Å²) in [5, 5.41) is 3.25. The number of esters is 1. The molecule has 1 atom stereocenters. The Balaban J connectivity index is 2.14. The van der Waals surface area contributed by atoms with Gasteiger partial charge in [0.2, 0.25) is 0 Å². The average Bonchev–Trinajstić information content (AvgIpc) is 2.27. The molecule has 1 aliphatic rings. The predicted molar refractivity (Wildman–Crippen MR) is 64.1 cm³/mol. The van der Waals surface area contributed by atoms with Crippen LogP contribution in [0.1, 0.15) is 26.7 Å². The molecule has 0 bridgehead atoms. The summed E-state index contributed by atoms with van der Waals surface area (Å²) in [7, 11) is 0. The van der Waals surface area contributed by atoms with Crippen molar-refractivity contribution in [2.75, 3.05) is 24.7 Å². The van der Waals surface area contributed by atoms with E-state index in [2.05, 4.69) is 5.32 Å². The van der Waals surface area contributed by atoms with Crippen molar-refractivity contribution in [2.45, 2.75) is 32.7 Å². The van der Waals surface area contributed by atoms with Gasteiger partial charge in [0.1, 0.15) is 6.04 Å². The zero-order valence-corrected chi connectivity index (χ0v) is 10.4. The molecule has 1 unspecified atom stereocenters. The van der Waals surface area contributed by atoms with Crippen LogP contribution >= 0.6 is 11.8 Å². The van der Waals surface area contributed by atoms with Crippen LogP contribution in [0.15, 0.2) is 0 Å². The average molecular weight is 231 g/mol. The van der Waals surface area contributed by atoms with Crippen LogP contribution in [0, 0.1) is 5.92 Å². The second-order valence-corrected chi connectivity index (χ2v) is 5.16. The molecule has 1 saturated heterocycles. The third-order valence-corrected chi connectivity index (χ3v) is 3.74. The van der Waals surface area contributed by atoms with Gasteiger partial charge in [-0.2, -0.15) is 11.8 Å². The van der Waals surface area contributed by atoms with Crippen LogP contribution in [0.3, 0.4) is 0 Å². The van der Waals surface area contributed by atoms with Gasteiger partial charge in [0.25, 0.3) is 0 Å². The van der Waals surface area contributed by atoms with E-state index in [0.29, 0.717) is 6.61 Å². The molecule has 3 nitrogen and oxygen atoms in total. The van der Waals surface area contributed by atoms with Crippen LogP contribution in [0.4, 0.5) is 0 Å². The van der Waals surface area contributed by atoms with Gasteiger partial charge in [-0.1, -0.05) is 0 Å². The van der Waals surface area contributed by atoms with Crippen LogP contribution in [0.2, 0.25) is 0 Å². The number of hydrogen-bond donors (Lipinski definition) is 1. The van der Waals surface area contributed by atoms with E-state index in [4.69, 9.17) is 4.74 Å². The smallest absolute Gasteiger partial charge is 0.322 e. The van der Waals surface area contributed by atoms with Gasteiger partial charge in [-0.05, 0) is 50.7 Å². The second kappa shape index (κ2) is 7.12. The molecule has 88 valence electrons. The van der Waals surface area contributed by atoms with Crippen LogP contribution < -0.4 is 5.32 Å². The van der Waals surface area contributed by atoms with E-state index in [1.807, 2.05) is 25.6 Å². The number of hydrogen-bond acceptors (Lipinski definition) is 4. The van der Waals surface area contributed by atoms with Gasteiger partial charge in [-0.3, -0.25) is 4.79 Å². The van der Waals surface area contributed by atoms with Gasteiger partial charge >= 0.3 is 5.97 Å². The lowest BCUT2D eigenvalue weighted by Gasteiger charge is -2.23. The maximum absolute atomic E-state index is 11.3. The zero-order chi connectivity index (χ0) is 11.1. The molecule has 0 radical (unpaired) electrons. The minimum Gasteiger partial charge on any atom is -0.465 e. The van der Waals surface area contributed by atoms with Crippen molar-refractivity contribution in [3.05, 3.63) is 0 Å². The summed E-state index contributed by atoms with van der Waals surface area (Å²) < 4.78 is 4.94. The fraction of sp³-hybridized carbons (Fsp3) is 0.909. The second-order valence-electron chi connectivity index (χ2n) is 3.94. The lowest BCUT2D eigenvalue weighted by molar-refractivity contribution is -0.145. The summed E-state index contributed by atoms with van der Waals surface area (Å²) in [5.74, 6) is 3.13. The molecule has 15 heavy (non-hydrogen) atoms. The first-order chi connectivity index (χ1) is 7.24. The zero-order valence-electron chi connectivity index (χ0n) is 9.62. The van der Waals surface area contributed by atoms with Crippen LogP contribution in [-0.2, 0) is 9.53 Å². The Morgan fingerprint density at radius 1 is 1.53 bits per heavy atom. The molecule has 1 fully saturated rings. The van der Waals surface area contributed by atoms with E-state index >= 15 is 0 Å². The Kier molecular flexibility index (Phi) is 6.10. The molecule has 0 spiro atoms. The lowest BCUT2D eigenvalue weighted by Crippen LogP contribution is -2.39. The first-order valence-corrected chi connectivity index (χ1v) is 6.87. The fourth-order valence-corrected chi connectivity index (χ4v) is 2.85. The molecule has 0 saturated carbocycles. The Bertz CT molecular complexity index is 193. The summed E-state index contributed by atoms with van der Waals surface area (Å²) in [6.07, 6.45) is 2.54. The highest BCUT2D eigenvalue weighted by atomic mass is 32.2. The van der Waals surface area contributed by atoms with E-state index in [-0.39, 0.29) is 12.0 Å². The summed E-state index contributed by atoms with van der Waals surface area (Å²) in [4.78, 5) is 11.3. The van der Waals surface area contributed by atoms with Crippen molar-refractivity contribution >= 4 is 17.7 Å². The van der Waals surface area contributed by atoms with Crippen molar-refractivity contribution in [1.82, 2.24) is 5.32 Å². The van der Waals surface area contributed by atoms with Crippen molar-refractivity contribution in [3.63, 3.8) is 0 Å². The van der Waals surface area contributed by atoms with E-state index in [1.165, 1.54) is 24.3 Å². The molecule has 0 aromatic rings. The monoisotopic (exact) mass is 231 g/mol. The van der Waals surface area contributed by atoms with Crippen molar-refractivity contribution in [2.24, 2.45) is 5.92 Å². The number of ether oxygens (including phenoxy) is 1. The normalized spacial score (nSPS) is 19.9. The molecule has 1 heterocycles.